The third-order valence-electron chi connectivity index (χ3n) is 4.13. The van der Waals surface area contributed by atoms with E-state index >= 15 is 0 Å². The number of hydrogen-bond donors (Lipinski definition) is 2. The molecule has 0 fully saturated rings. The van der Waals surface area contributed by atoms with E-state index in [0.717, 1.165) is 12.8 Å². The van der Waals surface area contributed by atoms with Gasteiger partial charge in [-0.05, 0) is 6.42 Å². The van der Waals surface area contributed by atoms with Crippen LogP contribution in [0.5, 0.6) is 0 Å². The molecule has 0 bridgehead atoms. The molecule has 0 spiro atoms. The topological polar surface area (TPSA) is 66.8 Å². The van der Waals surface area contributed by atoms with E-state index in [1.807, 2.05) is 0 Å². The van der Waals surface area contributed by atoms with Gasteiger partial charge in [0.25, 0.3) is 0 Å². The molecular formula is C19H38BO4. The zero-order chi connectivity index (χ0) is 17.2. The zero-order valence-electron chi connectivity index (χ0n) is 15.7. The van der Waals surface area contributed by atoms with E-state index in [4.69, 9.17) is 14.9 Å². The molecule has 0 aliphatic carbocycles. The van der Waals surface area contributed by atoms with E-state index < -0.39 is 6.10 Å². The molecule has 3 radical (unpaired) electrons. The van der Waals surface area contributed by atoms with Gasteiger partial charge in [0.15, 0.2) is 0 Å². The van der Waals surface area contributed by atoms with Crippen molar-refractivity contribution in [3.05, 3.63) is 0 Å². The van der Waals surface area contributed by atoms with Crippen LogP contribution in [0.3, 0.4) is 0 Å². The SMILES string of the molecule is CCCCCCCCCCCCCCCC(=O)OCC(O)CO.[B]. The molecule has 0 aromatic carbocycles. The maximum absolute atomic E-state index is 11.3. The molecule has 2 N–H and O–H groups in total. The van der Waals surface area contributed by atoms with Crippen molar-refractivity contribution in [2.24, 2.45) is 0 Å². The first-order valence-electron chi connectivity index (χ1n) is 9.65. The molecule has 4 nitrogen and oxygen atoms in total. The summed E-state index contributed by atoms with van der Waals surface area (Å²) < 4.78 is 4.85. The van der Waals surface area contributed by atoms with Crippen LogP contribution in [0.25, 0.3) is 0 Å². The van der Waals surface area contributed by atoms with Crippen molar-refractivity contribution in [3.8, 4) is 0 Å². The summed E-state index contributed by atoms with van der Waals surface area (Å²) in [6.45, 7) is 1.78. The molecule has 0 saturated carbocycles. The average Bonchev–Trinajstić information content (AvgIpc) is 2.56. The number of carbonyl (C=O) groups is 1. The lowest BCUT2D eigenvalue weighted by atomic mass is 10.0. The molecule has 0 aromatic rings. The van der Waals surface area contributed by atoms with Gasteiger partial charge in [-0.25, -0.2) is 0 Å². The van der Waals surface area contributed by atoms with Crippen LogP contribution in [-0.4, -0.2) is 43.9 Å². The summed E-state index contributed by atoms with van der Waals surface area (Å²) in [5.41, 5.74) is 0. The summed E-state index contributed by atoms with van der Waals surface area (Å²) in [6.07, 6.45) is 16.1. The summed E-state index contributed by atoms with van der Waals surface area (Å²) in [7, 11) is 0. The van der Waals surface area contributed by atoms with E-state index in [-0.39, 0.29) is 27.6 Å². The molecule has 24 heavy (non-hydrogen) atoms. The molecule has 0 aromatic heterocycles. The minimum absolute atomic E-state index is 0. The maximum Gasteiger partial charge on any atom is 0.305 e. The second-order valence-electron chi connectivity index (χ2n) is 6.51. The van der Waals surface area contributed by atoms with E-state index in [2.05, 4.69) is 6.92 Å². The summed E-state index contributed by atoms with van der Waals surface area (Å²) in [6, 6.07) is 0. The normalized spacial score (nSPS) is 11.8. The highest BCUT2D eigenvalue weighted by molar-refractivity contribution is 5.75. The largest absolute Gasteiger partial charge is 0.463 e. The molecule has 1 unspecified atom stereocenters. The number of hydrogen-bond acceptors (Lipinski definition) is 4. The van der Waals surface area contributed by atoms with Gasteiger partial charge in [-0.1, -0.05) is 84.0 Å². The minimum Gasteiger partial charge on any atom is -0.463 e. The first kappa shape index (κ1) is 25.7. The van der Waals surface area contributed by atoms with Crippen LogP contribution in [0.1, 0.15) is 96.8 Å². The summed E-state index contributed by atoms with van der Waals surface area (Å²) in [4.78, 5) is 11.3. The van der Waals surface area contributed by atoms with Gasteiger partial charge < -0.3 is 14.9 Å². The summed E-state index contributed by atoms with van der Waals surface area (Å²) in [5.74, 6) is -0.277. The maximum atomic E-state index is 11.3. The molecule has 141 valence electrons. The number of aliphatic hydroxyl groups excluding tert-OH is 2. The highest BCUT2D eigenvalue weighted by Gasteiger charge is 2.07. The molecule has 5 heteroatoms. The van der Waals surface area contributed by atoms with Crippen LogP contribution >= 0.6 is 0 Å². The standard InChI is InChI=1S/C19H38O4.B/c1-2-3-4-5-6-7-8-9-10-11-12-13-14-15-19(22)23-17-18(21)16-20;/h18,20-21H,2-17H2,1H3;. The van der Waals surface area contributed by atoms with E-state index in [9.17, 15) is 4.79 Å². The van der Waals surface area contributed by atoms with E-state index in [1.165, 1.54) is 70.6 Å². The zero-order valence-corrected chi connectivity index (χ0v) is 15.7. The van der Waals surface area contributed by atoms with Gasteiger partial charge in [0.2, 0.25) is 0 Å². The molecule has 0 aliphatic rings. The molecule has 0 amide bonds. The fourth-order valence-electron chi connectivity index (χ4n) is 2.60. The predicted molar refractivity (Wildman–Crippen MR) is 100 cm³/mol. The van der Waals surface area contributed by atoms with Gasteiger partial charge in [0.05, 0.1) is 6.61 Å². The second kappa shape index (κ2) is 20.5. The third-order valence-corrected chi connectivity index (χ3v) is 4.13. The Hall–Kier alpha value is -0.545. The van der Waals surface area contributed by atoms with Crippen molar-refractivity contribution in [2.45, 2.75) is 103 Å². The van der Waals surface area contributed by atoms with Crippen molar-refractivity contribution in [2.75, 3.05) is 13.2 Å². The van der Waals surface area contributed by atoms with Gasteiger partial charge >= 0.3 is 5.97 Å². The van der Waals surface area contributed by atoms with Crippen molar-refractivity contribution in [1.82, 2.24) is 0 Å². The minimum atomic E-state index is -0.953. The molecule has 0 heterocycles. The van der Waals surface area contributed by atoms with Crippen LogP contribution in [0.15, 0.2) is 0 Å². The van der Waals surface area contributed by atoms with Crippen molar-refractivity contribution in [1.29, 1.82) is 0 Å². The number of aliphatic hydroxyl groups is 2. The van der Waals surface area contributed by atoms with Gasteiger partial charge in [-0.3, -0.25) is 4.79 Å². The first-order chi connectivity index (χ1) is 11.2. The highest BCUT2D eigenvalue weighted by Crippen LogP contribution is 2.13. The van der Waals surface area contributed by atoms with Crippen LogP contribution < -0.4 is 0 Å². The Kier molecular flexibility index (Phi) is 21.9. The van der Waals surface area contributed by atoms with E-state index in [0.29, 0.717) is 6.42 Å². The molecule has 0 saturated heterocycles. The number of unbranched alkanes of at least 4 members (excludes halogenated alkanes) is 12. The number of ether oxygens (including phenoxy) is 1. The first-order valence-corrected chi connectivity index (χ1v) is 9.65. The van der Waals surface area contributed by atoms with Crippen molar-refractivity contribution >= 4 is 14.4 Å². The van der Waals surface area contributed by atoms with Crippen LogP contribution in [-0.2, 0) is 9.53 Å². The Bertz CT molecular complexity index is 262. The van der Waals surface area contributed by atoms with Gasteiger partial charge in [0.1, 0.15) is 12.7 Å². The highest BCUT2D eigenvalue weighted by atomic mass is 16.5. The Balaban J connectivity index is 0. The van der Waals surface area contributed by atoms with Gasteiger partial charge in [-0.2, -0.15) is 0 Å². The molecular weight excluding hydrogens is 303 g/mol. The Morgan fingerprint density at radius 3 is 1.67 bits per heavy atom. The summed E-state index contributed by atoms with van der Waals surface area (Å²) in [5, 5.41) is 17.7. The number of rotatable bonds is 17. The lowest BCUT2D eigenvalue weighted by Gasteiger charge is -2.08. The predicted octanol–water partition coefficient (Wildman–Crippen LogP) is 3.98. The lowest BCUT2D eigenvalue weighted by molar-refractivity contribution is -0.147. The Labute approximate surface area is 150 Å². The van der Waals surface area contributed by atoms with Crippen molar-refractivity contribution < 1.29 is 19.7 Å². The Morgan fingerprint density at radius 1 is 0.833 bits per heavy atom. The lowest BCUT2D eigenvalue weighted by Crippen LogP contribution is -2.21. The monoisotopic (exact) mass is 341 g/mol. The molecule has 0 aliphatic heterocycles. The van der Waals surface area contributed by atoms with E-state index in [1.54, 1.807) is 0 Å². The summed E-state index contributed by atoms with van der Waals surface area (Å²) >= 11 is 0. The quantitative estimate of drug-likeness (QED) is 0.239. The average molecular weight is 341 g/mol. The van der Waals surface area contributed by atoms with Crippen LogP contribution in [0, 0.1) is 0 Å². The number of esters is 1. The van der Waals surface area contributed by atoms with Crippen LogP contribution in [0.2, 0.25) is 0 Å². The van der Waals surface area contributed by atoms with Crippen molar-refractivity contribution in [3.63, 3.8) is 0 Å². The Morgan fingerprint density at radius 2 is 1.25 bits per heavy atom. The smallest absolute Gasteiger partial charge is 0.305 e. The fraction of sp³-hybridized carbons (Fsp3) is 0.947. The fourth-order valence-corrected chi connectivity index (χ4v) is 2.60. The third kappa shape index (κ3) is 19.5. The van der Waals surface area contributed by atoms with Gasteiger partial charge in [0, 0.05) is 14.8 Å². The number of carbonyl (C=O) groups excluding carboxylic acids is 1. The molecule has 0 rings (SSSR count). The van der Waals surface area contributed by atoms with Crippen LogP contribution in [0.4, 0.5) is 0 Å². The molecule has 1 atom stereocenters. The van der Waals surface area contributed by atoms with Gasteiger partial charge in [-0.15, -0.1) is 0 Å². The second-order valence-corrected chi connectivity index (χ2v) is 6.51.